The van der Waals surface area contributed by atoms with Crippen LogP contribution in [0.3, 0.4) is 0 Å². The number of aryl methyl sites for hydroxylation is 2. The fourth-order valence-corrected chi connectivity index (χ4v) is 6.11. The molecule has 4 aromatic rings. The minimum Gasteiger partial charge on any atom is -0.444 e. The monoisotopic (exact) mass is 575 g/mol. The predicted octanol–water partition coefficient (Wildman–Crippen LogP) is 5.09. The van der Waals surface area contributed by atoms with Crippen LogP contribution in [0.15, 0.2) is 72.0 Å². The summed E-state index contributed by atoms with van der Waals surface area (Å²) in [5.74, 6) is 0.377. The standard InChI is InChI=1S/C29H33N7O4S/c1-19-6-9-22(10-7-19)41(38,39)36-15-13-25(34-28(37)40-29(2,3)4)23-11-8-20(16-26(23)36)24-12-14-30-27(33-24)32-21-17-31-35(5)18-21/h6-12,14,16-18,25H,13,15H2,1-5H3,(H,34,37)(H,30,32,33). The summed E-state index contributed by atoms with van der Waals surface area (Å²) >= 11 is 0. The van der Waals surface area contributed by atoms with Crippen molar-refractivity contribution in [2.45, 2.75) is 50.7 Å². The fourth-order valence-electron chi connectivity index (χ4n) is 4.62. The minimum absolute atomic E-state index is 0.171. The van der Waals surface area contributed by atoms with E-state index in [0.29, 0.717) is 34.9 Å². The van der Waals surface area contributed by atoms with Gasteiger partial charge in [0.25, 0.3) is 10.0 Å². The van der Waals surface area contributed by atoms with Crippen LogP contribution in [0.2, 0.25) is 0 Å². The van der Waals surface area contributed by atoms with Gasteiger partial charge in [0.05, 0.1) is 34.2 Å². The quantitative estimate of drug-likeness (QED) is 0.325. The number of hydrogen-bond acceptors (Lipinski definition) is 8. The molecular weight excluding hydrogens is 542 g/mol. The third-order valence-corrected chi connectivity index (χ3v) is 8.34. The number of amides is 1. The largest absolute Gasteiger partial charge is 0.444 e. The molecule has 0 fully saturated rings. The van der Waals surface area contributed by atoms with E-state index in [1.165, 1.54) is 4.31 Å². The molecule has 2 N–H and O–H groups in total. The maximum absolute atomic E-state index is 13.9. The van der Waals surface area contributed by atoms with E-state index < -0.39 is 27.8 Å². The molecule has 214 valence electrons. The lowest BCUT2D eigenvalue weighted by atomic mass is 9.95. The summed E-state index contributed by atoms with van der Waals surface area (Å²) in [4.78, 5) is 21.8. The van der Waals surface area contributed by atoms with E-state index in [1.807, 2.05) is 26.1 Å². The van der Waals surface area contributed by atoms with Crippen LogP contribution in [0.1, 0.15) is 44.4 Å². The highest BCUT2D eigenvalue weighted by molar-refractivity contribution is 7.92. The number of anilines is 3. The lowest BCUT2D eigenvalue weighted by Crippen LogP contribution is -2.42. The van der Waals surface area contributed by atoms with Crippen LogP contribution < -0.4 is 14.9 Å². The Kier molecular flexibility index (Phi) is 7.43. The molecule has 3 heterocycles. The summed E-state index contributed by atoms with van der Waals surface area (Å²) in [6.45, 7) is 7.46. The lowest BCUT2D eigenvalue weighted by Gasteiger charge is -2.36. The second-order valence-corrected chi connectivity index (χ2v) is 12.8. The van der Waals surface area contributed by atoms with E-state index in [9.17, 15) is 13.2 Å². The molecule has 0 bridgehead atoms. The van der Waals surface area contributed by atoms with E-state index in [4.69, 9.17) is 4.74 Å². The molecule has 1 aliphatic rings. The van der Waals surface area contributed by atoms with Gasteiger partial charge in [-0.1, -0.05) is 29.8 Å². The Morgan fingerprint density at radius 1 is 1.10 bits per heavy atom. The van der Waals surface area contributed by atoms with Crippen molar-refractivity contribution in [1.29, 1.82) is 0 Å². The molecule has 0 radical (unpaired) electrons. The maximum Gasteiger partial charge on any atom is 0.408 e. The number of nitrogens with zero attached hydrogens (tertiary/aromatic N) is 5. The minimum atomic E-state index is -3.88. The molecular formula is C29H33N7O4S. The Balaban J connectivity index is 1.53. The van der Waals surface area contributed by atoms with Gasteiger partial charge in [0, 0.05) is 31.5 Å². The summed E-state index contributed by atoms with van der Waals surface area (Å²) in [7, 11) is -2.07. The first-order valence-electron chi connectivity index (χ1n) is 13.2. The lowest BCUT2D eigenvalue weighted by molar-refractivity contribution is 0.0501. The van der Waals surface area contributed by atoms with E-state index in [1.54, 1.807) is 80.4 Å². The Bertz CT molecular complexity index is 1680. The SMILES string of the molecule is Cc1ccc(S(=O)(=O)N2CCC(NC(=O)OC(C)(C)C)c3ccc(-c4ccnc(Nc5cnn(C)c5)n4)cc32)cc1. The highest BCUT2D eigenvalue weighted by Gasteiger charge is 2.35. The molecule has 0 saturated heterocycles. The van der Waals surface area contributed by atoms with E-state index in [0.717, 1.165) is 11.3 Å². The van der Waals surface area contributed by atoms with Crippen molar-refractivity contribution in [2.24, 2.45) is 7.05 Å². The summed E-state index contributed by atoms with van der Waals surface area (Å²) < 4.78 is 36.3. The second kappa shape index (κ2) is 10.8. The van der Waals surface area contributed by atoms with E-state index in [2.05, 4.69) is 25.7 Å². The van der Waals surface area contributed by atoms with Gasteiger partial charge in [0.1, 0.15) is 5.60 Å². The van der Waals surface area contributed by atoms with Gasteiger partial charge in [-0.3, -0.25) is 8.99 Å². The average Bonchev–Trinajstić information content (AvgIpc) is 3.32. The second-order valence-electron chi connectivity index (χ2n) is 10.9. The third kappa shape index (κ3) is 6.32. The molecule has 1 atom stereocenters. The number of alkyl carbamates (subject to hydrolysis) is 1. The first kappa shape index (κ1) is 28.1. The smallest absolute Gasteiger partial charge is 0.408 e. The summed E-state index contributed by atoms with van der Waals surface area (Å²) in [5, 5.41) is 10.2. The fraction of sp³-hybridized carbons (Fsp3) is 0.310. The number of rotatable bonds is 6. The van der Waals surface area contributed by atoms with Gasteiger partial charge in [-0.15, -0.1) is 0 Å². The highest BCUT2D eigenvalue weighted by Crippen LogP contribution is 2.40. The first-order valence-corrected chi connectivity index (χ1v) is 14.6. The van der Waals surface area contributed by atoms with E-state index >= 15 is 0 Å². The highest BCUT2D eigenvalue weighted by atomic mass is 32.2. The van der Waals surface area contributed by atoms with Crippen LogP contribution in [0.4, 0.5) is 22.1 Å². The number of hydrogen-bond donors (Lipinski definition) is 2. The summed E-state index contributed by atoms with van der Waals surface area (Å²) in [5.41, 5.74) is 3.47. The molecule has 1 amide bonds. The van der Waals surface area contributed by atoms with Crippen LogP contribution in [0, 0.1) is 6.92 Å². The topological polar surface area (TPSA) is 131 Å². The predicted molar refractivity (Wildman–Crippen MR) is 156 cm³/mol. The summed E-state index contributed by atoms with van der Waals surface area (Å²) in [6, 6.07) is 13.6. The molecule has 12 heteroatoms. The normalized spacial score (nSPS) is 15.2. The van der Waals surface area contributed by atoms with Crippen LogP contribution in [0.25, 0.3) is 11.3 Å². The van der Waals surface area contributed by atoms with Gasteiger partial charge < -0.3 is 15.4 Å². The van der Waals surface area contributed by atoms with Crippen LogP contribution in [0.5, 0.6) is 0 Å². The van der Waals surface area contributed by atoms with Gasteiger partial charge in [-0.25, -0.2) is 23.2 Å². The first-order chi connectivity index (χ1) is 19.4. The van der Waals surface area contributed by atoms with Crippen molar-refractivity contribution in [3.63, 3.8) is 0 Å². The number of benzene rings is 2. The molecule has 1 aliphatic heterocycles. The van der Waals surface area contributed by atoms with Crippen LogP contribution in [-0.4, -0.2) is 46.4 Å². The van der Waals surface area contributed by atoms with Gasteiger partial charge >= 0.3 is 6.09 Å². The zero-order chi connectivity index (χ0) is 29.4. The van der Waals surface area contributed by atoms with Crippen molar-refractivity contribution in [2.75, 3.05) is 16.2 Å². The molecule has 0 saturated carbocycles. The van der Waals surface area contributed by atoms with Crippen molar-refractivity contribution < 1.29 is 17.9 Å². The number of nitrogens with one attached hydrogen (secondary N) is 2. The molecule has 2 aromatic heterocycles. The Labute approximate surface area is 239 Å². The van der Waals surface area contributed by atoms with Crippen molar-refractivity contribution in [3.05, 3.63) is 78.2 Å². The number of sulfonamides is 1. The number of carbonyl (C=O) groups excluding carboxylic acids is 1. The van der Waals surface area contributed by atoms with Crippen molar-refractivity contribution >= 4 is 33.4 Å². The summed E-state index contributed by atoms with van der Waals surface area (Å²) in [6.07, 6.45) is 4.92. The molecule has 41 heavy (non-hydrogen) atoms. The molecule has 1 unspecified atom stereocenters. The zero-order valence-corrected chi connectivity index (χ0v) is 24.4. The number of fused-ring (bicyclic) bond motifs is 1. The van der Waals surface area contributed by atoms with E-state index in [-0.39, 0.29) is 11.4 Å². The molecule has 5 rings (SSSR count). The van der Waals surface area contributed by atoms with Gasteiger partial charge in [0.15, 0.2) is 0 Å². The van der Waals surface area contributed by atoms with Crippen LogP contribution >= 0.6 is 0 Å². The van der Waals surface area contributed by atoms with Gasteiger partial charge in [-0.2, -0.15) is 5.10 Å². The van der Waals surface area contributed by atoms with Crippen LogP contribution in [-0.2, 0) is 21.8 Å². The van der Waals surface area contributed by atoms with Crippen molar-refractivity contribution in [3.8, 4) is 11.3 Å². The molecule has 11 nitrogen and oxygen atoms in total. The van der Waals surface area contributed by atoms with Gasteiger partial charge in [-0.05, 0) is 63.9 Å². The molecule has 0 spiro atoms. The molecule has 2 aromatic carbocycles. The number of carbonyl (C=O) groups is 1. The van der Waals surface area contributed by atoms with Gasteiger partial charge in [0.2, 0.25) is 5.95 Å². The Hall–Kier alpha value is -4.45. The van der Waals surface area contributed by atoms with Crippen molar-refractivity contribution in [1.82, 2.24) is 25.1 Å². The molecule has 0 aliphatic carbocycles. The number of aromatic nitrogens is 4. The number of ether oxygens (including phenoxy) is 1. The zero-order valence-electron chi connectivity index (χ0n) is 23.6. The Morgan fingerprint density at radius 2 is 1.85 bits per heavy atom. The Morgan fingerprint density at radius 3 is 2.54 bits per heavy atom. The third-order valence-electron chi connectivity index (χ3n) is 6.51. The maximum atomic E-state index is 13.9. The average molecular weight is 576 g/mol.